The summed E-state index contributed by atoms with van der Waals surface area (Å²) < 4.78 is 4.77. The molecule has 0 aliphatic heterocycles. The average Bonchev–Trinajstić information content (AvgIpc) is 2.82. The van der Waals surface area contributed by atoms with Gasteiger partial charge < -0.3 is 15.0 Å². The number of carbonyl (C=O) groups excluding carboxylic acids is 2. The van der Waals surface area contributed by atoms with Gasteiger partial charge in [-0.2, -0.15) is 0 Å². The summed E-state index contributed by atoms with van der Waals surface area (Å²) in [6.07, 6.45) is 0. The summed E-state index contributed by atoms with van der Waals surface area (Å²) in [4.78, 5) is 27.5. The van der Waals surface area contributed by atoms with Crippen LogP contribution in [0.4, 0.5) is 5.69 Å². The number of nitrogens with one attached hydrogen (secondary N) is 2. The van der Waals surface area contributed by atoms with E-state index in [4.69, 9.17) is 4.74 Å². The lowest BCUT2D eigenvalue weighted by Gasteiger charge is -2.14. The zero-order valence-electron chi connectivity index (χ0n) is 14.1. The summed E-state index contributed by atoms with van der Waals surface area (Å²) in [5.74, 6) is -0.532. The van der Waals surface area contributed by atoms with Crippen molar-refractivity contribution in [3.05, 3.63) is 52.3 Å². The van der Waals surface area contributed by atoms with Crippen molar-refractivity contribution in [1.82, 2.24) is 4.98 Å². The third kappa shape index (κ3) is 3.44. The molecule has 1 aromatic heterocycles. The molecule has 1 aromatic carbocycles. The molecule has 0 aliphatic rings. The van der Waals surface area contributed by atoms with Gasteiger partial charge in [0.2, 0.25) is 5.78 Å². The maximum absolute atomic E-state index is 12.7. The van der Waals surface area contributed by atoms with E-state index in [0.717, 1.165) is 11.3 Å². The minimum atomic E-state index is -0.436. The van der Waals surface area contributed by atoms with Crippen LogP contribution in [0.15, 0.2) is 24.3 Å². The maximum Gasteiger partial charge on any atom is 0.339 e. The summed E-state index contributed by atoms with van der Waals surface area (Å²) in [6.45, 7) is 7.32. The number of aryl methyl sites for hydroxylation is 2. The molecule has 1 heterocycles. The topological polar surface area (TPSA) is 71.2 Å². The Morgan fingerprint density at radius 3 is 2.30 bits per heavy atom. The second kappa shape index (κ2) is 6.69. The highest BCUT2D eigenvalue weighted by Gasteiger charge is 2.25. The van der Waals surface area contributed by atoms with Gasteiger partial charge in [0.05, 0.1) is 24.4 Å². The number of aromatic amines is 1. The van der Waals surface area contributed by atoms with E-state index in [-0.39, 0.29) is 5.78 Å². The number of ether oxygens (including phenoxy) is 1. The van der Waals surface area contributed by atoms with Crippen LogP contribution in [0, 0.1) is 20.8 Å². The summed E-state index contributed by atoms with van der Waals surface area (Å²) in [7, 11) is 1.33. The highest BCUT2D eigenvalue weighted by atomic mass is 16.5. The lowest BCUT2D eigenvalue weighted by atomic mass is 10.0. The van der Waals surface area contributed by atoms with E-state index in [1.54, 1.807) is 20.8 Å². The van der Waals surface area contributed by atoms with Crippen LogP contribution in [0.3, 0.4) is 0 Å². The summed E-state index contributed by atoms with van der Waals surface area (Å²) in [5, 5.41) is 3.18. The van der Waals surface area contributed by atoms with E-state index in [2.05, 4.69) is 10.3 Å². The number of H-pyrrole nitrogens is 1. The second-order valence-corrected chi connectivity index (χ2v) is 5.71. The standard InChI is InChI=1S/C18H22N2O3/c1-10-6-8-14(9-7-10)19-13(4)17(21)16-11(2)15(12(3)20-16)18(22)23-5/h6-9,13,19-20H,1-5H3/t13-/m0/s1. The molecule has 5 heteroatoms. The average molecular weight is 314 g/mol. The van der Waals surface area contributed by atoms with Crippen molar-refractivity contribution in [2.75, 3.05) is 12.4 Å². The van der Waals surface area contributed by atoms with Gasteiger partial charge in [0, 0.05) is 11.4 Å². The summed E-state index contributed by atoms with van der Waals surface area (Å²) in [6, 6.07) is 7.43. The lowest BCUT2D eigenvalue weighted by Crippen LogP contribution is -2.27. The molecular weight excluding hydrogens is 292 g/mol. The molecule has 23 heavy (non-hydrogen) atoms. The number of carbonyl (C=O) groups is 2. The van der Waals surface area contributed by atoms with Crippen LogP contribution in [-0.2, 0) is 4.74 Å². The van der Waals surface area contributed by atoms with Crippen LogP contribution >= 0.6 is 0 Å². The Hall–Kier alpha value is -2.56. The minimum Gasteiger partial charge on any atom is -0.465 e. The molecule has 5 nitrogen and oxygen atoms in total. The van der Waals surface area contributed by atoms with E-state index in [1.807, 2.05) is 31.2 Å². The van der Waals surface area contributed by atoms with Crippen LogP contribution in [0.1, 0.15) is 44.6 Å². The van der Waals surface area contributed by atoms with Crippen molar-refractivity contribution >= 4 is 17.4 Å². The second-order valence-electron chi connectivity index (χ2n) is 5.71. The molecule has 1 atom stereocenters. The highest BCUT2D eigenvalue weighted by Crippen LogP contribution is 2.21. The SMILES string of the molecule is COC(=O)c1c(C)[nH]c(C(=O)[C@H](C)Nc2ccc(C)cc2)c1C. The fraction of sp³-hybridized carbons (Fsp3) is 0.333. The molecule has 0 saturated heterocycles. The fourth-order valence-electron chi connectivity index (χ4n) is 2.59. The van der Waals surface area contributed by atoms with Crippen molar-refractivity contribution in [2.45, 2.75) is 33.7 Å². The predicted molar refractivity (Wildman–Crippen MR) is 90.2 cm³/mol. The van der Waals surface area contributed by atoms with Gasteiger partial charge in [-0.15, -0.1) is 0 Å². The summed E-state index contributed by atoms with van der Waals surface area (Å²) >= 11 is 0. The number of ketones is 1. The largest absolute Gasteiger partial charge is 0.465 e. The van der Waals surface area contributed by atoms with E-state index < -0.39 is 12.0 Å². The first-order valence-electron chi connectivity index (χ1n) is 7.50. The van der Waals surface area contributed by atoms with Crippen molar-refractivity contribution in [2.24, 2.45) is 0 Å². The number of esters is 1. The van der Waals surface area contributed by atoms with E-state index in [9.17, 15) is 9.59 Å². The van der Waals surface area contributed by atoms with Gasteiger partial charge >= 0.3 is 5.97 Å². The van der Waals surface area contributed by atoms with Gasteiger partial charge in [0.1, 0.15) is 0 Å². The number of aromatic nitrogens is 1. The molecule has 0 fully saturated rings. The Morgan fingerprint density at radius 1 is 1.13 bits per heavy atom. The number of Topliss-reactive ketones (excluding diaryl/α,β-unsaturated/α-hetero) is 1. The van der Waals surface area contributed by atoms with Crippen LogP contribution in [0.25, 0.3) is 0 Å². The Balaban J connectivity index is 2.23. The number of benzene rings is 1. The molecule has 0 unspecified atom stereocenters. The fourth-order valence-corrected chi connectivity index (χ4v) is 2.59. The molecule has 0 spiro atoms. The van der Waals surface area contributed by atoms with Crippen molar-refractivity contribution < 1.29 is 14.3 Å². The number of anilines is 1. The smallest absolute Gasteiger partial charge is 0.339 e. The summed E-state index contributed by atoms with van der Waals surface area (Å²) in [5.41, 5.74) is 4.17. The number of rotatable bonds is 5. The van der Waals surface area contributed by atoms with Crippen LogP contribution < -0.4 is 5.32 Å². The van der Waals surface area contributed by atoms with Crippen molar-refractivity contribution in [3.63, 3.8) is 0 Å². The Bertz CT molecular complexity index is 729. The molecule has 0 amide bonds. The van der Waals surface area contributed by atoms with Gasteiger partial charge in [0.15, 0.2) is 0 Å². The predicted octanol–water partition coefficient (Wildman–Crippen LogP) is 3.41. The van der Waals surface area contributed by atoms with Gasteiger partial charge in [-0.1, -0.05) is 17.7 Å². The molecular formula is C18H22N2O3. The highest BCUT2D eigenvalue weighted by molar-refractivity contribution is 6.04. The van der Waals surface area contributed by atoms with Gasteiger partial charge in [-0.3, -0.25) is 4.79 Å². The quantitative estimate of drug-likeness (QED) is 0.655. The zero-order valence-corrected chi connectivity index (χ0v) is 14.1. The molecule has 0 aliphatic carbocycles. The molecule has 122 valence electrons. The number of methoxy groups -OCH3 is 1. The maximum atomic E-state index is 12.7. The third-order valence-electron chi connectivity index (χ3n) is 3.90. The van der Waals surface area contributed by atoms with Crippen LogP contribution in [-0.4, -0.2) is 29.9 Å². The molecule has 0 bridgehead atoms. The lowest BCUT2D eigenvalue weighted by molar-refractivity contribution is 0.0599. The van der Waals surface area contributed by atoms with Crippen LogP contribution in [0.2, 0.25) is 0 Å². The molecule has 0 radical (unpaired) electrons. The monoisotopic (exact) mass is 314 g/mol. The van der Waals surface area contributed by atoms with Crippen LogP contribution in [0.5, 0.6) is 0 Å². The van der Waals surface area contributed by atoms with Gasteiger partial charge in [-0.25, -0.2) is 4.79 Å². The minimum absolute atomic E-state index is 0.0960. The first-order chi connectivity index (χ1) is 10.8. The number of hydrogen-bond acceptors (Lipinski definition) is 4. The first-order valence-corrected chi connectivity index (χ1v) is 7.50. The Morgan fingerprint density at radius 2 is 1.74 bits per heavy atom. The van der Waals surface area contributed by atoms with E-state index >= 15 is 0 Å². The van der Waals surface area contributed by atoms with Gasteiger partial charge in [0.25, 0.3) is 0 Å². The van der Waals surface area contributed by atoms with E-state index in [1.165, 1.54) is 7.11 Å². The zero-order chi connectivity index (χ0) is 17.1. The van der Waals surface area contributed by atoms with Crippen molar-refractivity contribution in [1.29, 1.82) is 0 Å². The third-order valence-corrected chi connectivity index (χ3v) is 3.90. The Kier molecular flexibility index (Phi) is 4.89. The van der Waals surface area contributed by atoms with Gasteiger partial charge in [-0.05, 0) is 45.4 Å². The first kappa shape index (κ1) is 16.8. The van der Waals surface area contributed by atoms with E-state index in [0.29, 0.717) is 22.5 Å². The van der Waals surface area contributed by atoms with Crippen molar-refractivity contribution in [3.8, 4) is 0 Å². The Labute approximate surface area is 136 Å². The molecule has 2 rings (SSSR count). The molecule has 0 saturated carbocycles. The molecule has 2 aromatic rings. The molecule has 2 N–H and O–H groups in total. The normalized spacial score (nSPS) is 11.9. The number of hydrogen-bond donors (Lipinski definition) is 2.